The lowest BCUT2D eigenvalue weighted by Crippen LogP contribution is -2.43. The fourth-order valence-electron chi connectivity index (χ4n) is 2.89. The fraction of sp³-hybridized carbons (Fsp3) is 0.556. The first-order valence-electron chi connectivity index (χ1n) is 8.50. The van der Waals surface area contributed by atoms with E-state index in [1.807, 2.05) is 6.92 Å². The molecule has 1 aliphatic rings. The Bertz CT molecular complexity index is 594. The van der Waals surface area contributed by atoms with E-state index < -0.39 is 0 Å². The number of rotatable bonds is 5. The molecule has 1 aliphatic heterocycles. The number of carbonyl (C=O) groups is 2. The van der Waals surface area contributed by atoms with Gasteiger partial charge in [0.15, 0.2) is 0 Å². The van der Waals surface area contributed by atoms with Crippen LogP contribution in [0, 0.1) is 5.82 Å². The maximum atomic E-state index is 13.9. The second-order valence-electron chi connectivity index (χ2n) is 6.12. The van der Waals surface area contributed by atoms with Crippen molar-refractivity contribution in [1.29, 1.82) is 0 Å². The van der Waals surface area contributed by atoms with Crippen molar-refractivity contribution in [2.75, 3.05) is 19.6 Å². The van der Waals surface area contributed by atoms with Gasteiger partial charge in [-0.3, -0.25) is 9.59 Å². The predicted molar refractivity (Wildman–Crippen MR) is 94.9 cm³/mol. The molecule has 0 bridgehead atoms. The molecule has 2 amide bonds. The Kier molecular flexibility index (Phi) is 7.21. The summed E-state index contributed by atoms with van der Waals surface area (Å²) in [7, 11) is 0. The first-order chi connectivity index (χ1) is 11.5. The van der Waals surface area contributed by atoms with Crippen LogP contribution in [0.4, 0.5) is 4.39 Å². The molecule has 0 aliphatic carbocycles. The van der Waals surface area contributed by atoms with Gasteiger partial charge in [-0.25, -0.2) is 4.39 Å². The van der Waals surface area contributed by atoms with Crippen molar-refractivity contribution in [2.45, 2.75) is 45.6 Å². The number of likely N-dealkylation sites (tertiary alicyclic amines) is 1. The minimum absolute atomic E-state index is 0.0488. The fourth-order valence-corrected chi connectivity index (χ4v) is 3.30. The molecule has 0 atom stereocenters. The van der Waals surface area contributed by atoms with Gasteiger partial charge in [-0.05, 0) is 38.0 Å². The molecule has 1 aromatic carbocycles. The van der Waals surface area contributed by atoms with Crippen LogP contribution in [0.3, 0.4) is 0 Å². The maximum absolute atomic E-state index is 13.9. The lowest BCUT2D eigenvalue weighted by molar-refractivity contribution is -0.141. The van der Waals surface area contributed by atoms with Crippen molar-refractivity contribution in [3.8, 4) is 0 Å². The summed E-state index contributed by atoms with van der Waals surface area (Å²) in [6.45, 7) is 3.27. The van der Waals surface area contributed by atoms with Gasteiger partial charge in [0.2, 0.25) is 11.8 Å². The zero-order valence-electron chi connectivity index (χ0n) is 14.1. The van der Waals surface area contributed by atoms with Crippen molar-refractivity contribution < 1.29 is 14.0 Å². The molecule has 1 heterocycles. The zero-order valence-corrected chi connectivity index (χ0v) is 15.6. The molecule has 0 saturated carbocycles. The quantitative estimate of drug-likeness (QED) is 0.757. The topological polar surface area (TPSA) is 40.6 Å². The number of likely N-dealkylation sites (N-methyl/N-ethyl adjacent to an activating group) is 1. The summed E-state index contributed by atoms with van der Waals surface area (Å²) in [5.74, 6) is -0.412. The summed E-state index contributed by atoms with van der Waals surface area (Å²) >= 11 is 3.33. The normalized spacial score (nSPS) is 15.8. The molecule has 0 unspecified atom stereocenters. The van der Waals surface area contributed by atoms with Crippen molar-refractivity contribution in [2.24, 2.45) is 0 Å². The van der Waals surface area contributed by atoms with Gasteiger partial charge in [0.1, 0.15) is 5.82 Å². The Morgan fingerprint density at radius 2 is 2.04 bits per heavy atom. The Balaban J connectivity index is 2.02. The van der Waals surface area contributed by atoms with Gasteiger partial charge in [0.25, 0.3) is 0 Å². The number of amides is 2. The van der Waals surface area contributed by atoms with Gasteiger partial charge in [-0.15, -0.1) is 0 Å². The molecular formula is C18H24BrFN2O2. The van der Waals surface area contributed by atoms with E-state index in [-0.39, 0.29) is 30.7 Å². The summed E-state index contributed by atoms with van der Waals surface area (Å²) in [4.78, 5) is 28.0. The van der Waals surface area contributed by atoms with Crippen LogP contribution in [0.5, 0.6) is 0 Å². The maximum Gasteiger partial charge on any atom is 0.242 e. The standard InChI is InChI=1S/C18H24BrFN2O2/c1-2-21(12-14-11-15(19)8-9-16(14)20)18(24)13-22-10-6-4-3-5-7-17(22)23/h8-9,11H,2-7,10,12-13H2,1H3. The Labute approximate surface area is 151 Å². The number of carbonyl (C=O) groups excluding carboxylic acids is 2. The predicted octanol–water partition coefficient (Wildman–Crippen LogP) is 3.73. The molecule has 0 aromatic heterocycles. The van der Waals surface area contributed by atoms with Crippen molar-refractivity contribution in [1.82, 2.24) is 9.80 Å². The van der Waals surface area contributed by atoms with Crippen LogP contribution in [0.25, 0.3) is 0 Å². The van der Waals surface area contributed by atoms with Crippen LogP contribution >= 0.6 is 15.9 Å². The van der Waals surface area contributed by atoms with E-state index in [1.165, 1.54) is 6.07 Å². The van der Waals surface area contributed by atoms with Gasteiger partial charge in [0, 0.05) is 36.1 Å². The van der Waals surface area contributed by atoms with Crippen molar-refractivity contribution in [3.05, 3.63) is 34.1 Å². The molecule has 0 radical (unpaired) electrons. The molecule has 1 saturated heterocycles. The number of halogens is 2. The molecule has 24 heavy (non-hydrogen) atoms. The van der Waals surface area contributed by atoms with E-state index in [1.54, 1.807) is 21.9 Å². The Morgan fingerprint density at radius 1 is 1.29 bits per heavy atom. The van der Waals surface area contributed by atoms with Crippen molar-refractivity contribution in [3.63, 3.8) is 0 Å². The summed E-state index contributed by atoms with van der Waals surface area (Å²) < 4.78 is 14.7. The third-order valence-electron chi connectivity index (χ3n) is 4.35. The summed E-state index contributed by atoms with van der Waals surface area (Å²) in [6, 6.07) is 4.71. The first-order valence-corrected chi connectivity index (χ1v) is 9.30. The summed E-state index contributed by atoms with van der Waals surface area (Å²) in [6.07, 6.45) is 4.52. The third-order valence-corrected chi connectivity index (χ3v) is 4.84. The van der Waals surface area contributed by atoms with E-state index in [9.17, 15) is 14.0 Å². The lowest BCUT2D eigenvalue weighted by atomic mass is 10.1. The van der Waals surface area contributed by atoms with Gasteiger partial charge < -0.3 is 9.80 Å². The highest BCUT2D eigenvalue weighted by molar-refractivity contribution is 9.10. The van der Waals surface area contributed by atoms with Gasteiger partial charge in [0.05, 0.1) is 6.54 Å². The highest BCUT2D eigenvalue weighted by atomic mass is 79.9. The highest BCUT2D eigenvalue weighted by Gasteiger charge is 2.22. The number of benzene rings is 1. The van der Waals surface area contributed by atoms with E-state index in [2.05, 4.69) is 15.9 Å². The SMILES string of the molecule is CCN(Cc1cc(Br)ccc1F)C(=O)CN1CCCCCCC1=O. The van der Waals surface area contributed by atoms with Gasteiger partial charge in [-0.1, -0.05) is 28.8 Å². The van der Waals surface area contributed by atoms with Crippen LogP contribution in [0.15, 0.2) is 22.7 Å². The molecular weight excluding hydrogens is 375 g/mol. The summed E-state index contributed by atoms with van der Waals surface area (Å²) in [5.41, 5.74) is 0.471. The molecule has 1 aromatic rings. The molecule has 4 nitrogen and oxygen atoms in total. The number of nitrogens with zero attached hydrogens (tertiary/aromatic N) is 2. The average Bonchev–Trinajstić information content (AvgIpc) is 2.55. The van der Waals surface area contributed by atoms with Crippen molar-refractivity contribution >= 4 is 27.7 Å². The van der Waals surface area contributed by atoms with Crippen LogP contribution in [-0.4, -0.2) is 41.2 Å². The van der Waals surface area contributed by atoms with E-state index in [0.717, 1.165) is 30.2 Å². The van der Waals surface area contributed by atoms with E-state index >= 15 is 0 Å². The largest absolute Gasteiger partial charge is 0.337 e. The molecule has 132 valence electrons. The monoisotopic (exact) mass is 398 g/mol. The average molecular weight is 399 g/mol. The zero-order chi connectivity index (χ0) is 17.5. The number of hydrogen-bond donors (Lipinski definition) is 0. The van der Waals surface area contributed by atoms with Crippen LogP contribution in [0.2, 0.25) is 0 Å². The summed E-state index contributed by atoms with van der Waals surface area (Å²) in [5, 5.41) is 0. The Morgan fingerprint density at radius 3 is 2.79 bits per heavy atom. The van der Waals surface area contributed by atoms with E-state index in [4.69, 9.17) is 0 Å². The second kappa shape index (κ2) is 9.16. The smallest absolute Gasteiger partial charge is 0.242 e. The van der Waals surface area contributed by atoms with Crippen LogP contribution in [-0.2, 0) is 16.1 Å². The molecule has 2 rings (SSSR count). The minimum Gasteiger partial charge on any atom is -0.337 e. The Hall–Kier alpha value is -1.43. The lowest BCUT2D eigenvalue weighted by Gasteiger charge is -2.28. The molecule has 6 heteroatoms. The van der Waals surface area contributed by atoms with Crippen LogP contribution < -0.4 is 0 Å². The third kappa shape index (κ3) is 5.30. The second-order valence-corrected chi connectivity index (χ2v) is 7.04. The highest BCUT2D eigenvalue weighted by Crippen LogP contribution is 2.18. The first kappa shape index (κ1) is 18.9. The minimum atomic E-state index is -0.327. The van der Waals surface area contributed by atoms with Gasteiger partial charge in [-0.2, -0.15) is 0 Å². The molecule has 0 N–H and O–H groups in total. The molecule has 1 fully saturated rings. The van der Waals surface area contributed by atoms with Crippen LogP contribution in [0.1, 0.15) is 44.6 Å². The van der Waals surface area contributed by atoms with Gasteiger partial charge >= 0.3 is 0 Å². The molecule has 0 spiro atoms. The number of hydrogen-bond acceptors (Lipinski definition) is 2. The van der Waals surface area contributed by atoms with E-state index in [0.29, 0.717) is 25.1 Å².